The van der Waals surface area contributed by atoms with Gasteiger partial charge in [-0.25, -0.2) is 0 Å². The number of hydrogen-bond donors (Lipinski definition) is 3. The number of primary amides is 1. The Hall–Kier alpha value is -3.23. The number of nitrogens with zero attached hydrogens (tertiary/aromatic N) is 1. The van der Waals surface area contributed by atoms with E-state index in [4.69, 9.17) is 17.3 Å². The van der Waals surface area contributed by atoms with Crippen LogP contribution >= 0.6 is 11.6 Å². The van der Waals surface area contributed by atoms with Gasteiger partial charge in [0, 0.05) is 35.3 Å². The summed E-state index contributed by atoms with van der Waals surface area (Å²) in [6, 6.07) is 13.7. The molecule has 0 bridgehead atoms. The van der Waals surface area contributed by atoms with Crippen molar-refractivity contribution in [2.45, 2.75) is 24.4 Å². The zero-order chi connectivity index (χ0) is 22.6. The highest BCUT2D eigenvalue weighted by molar-refractivity contribution is 6.31. The molecule has 4 atom stereocenters. The molecule has 3 heterocycles. The second-order valence-corrected chi connectivity index (χ2v) is 8.88. The summed E-state index contributed by atoms with van der Waals surface area (Å²) in [6.07, 6.45) is 0.324. The first-order valence-electron chi connectivity index (χ1n) is 10.4. The van der Waals surface area contributed by atoms with Crippen LogP contribution in [0.2, 0.25) is 5.02 Å². The van der Waals surface area contributed by atoms with Crippen LogP contribution < -0.4 is 16.4 Å². The Morgan fingerprint density at radius 1 is 1.09 bits per heavy atom. The number of hydrogen-bond acceptors (Lipinski definition) is 5. The van der Waals surface area contributed by atoms with Crippen molar-refractivity contribution in [1.29, 1.82) is 0 Å². The molecule has 2 aromatic carbocycles. The predicted octanol–water partition coefficient (Wildman–Crippen LogP) is 1.18. The molecule has 2 fully saturated rings. The summed E-state index contributed by atoms with van der Waals surface area (Å²) >= 11 is 6.20. The van der Waals surface area contributed by atoms with Gasteiger partial charge >= 0.3 is 0 Å². The maximum atomic E-state index is 13.6. The number of amides is 4. The van der Waals surface area contributed by atoms with E-state index in [1.54, 1.807) is 18.2 Å². The van der Waals surface area contributed by atoms with Crippen LogP contribution in [0.25, 0.3) is 0 Å². The van der Waals surface area contributed by atoms with Crippen LogP contribution in [0.15, 0.2) is 48.5 Å². The third-order valence-corrected chi connectivity index (χ3v) is 6.89. The topological polar surface area (TPSA) is 122 Å². The van der Waals surface area contributed by atoms with Gasteiger partial charge in [-0.1, -0.05) is 41.9 Å². The number of imide groups is 1. The summed E-state index contributed by atoms with van der Waals surface area (Å²) in [6.45, 7) is 0.193. The van der Waals surface area contributed by atoms with Gasteiger partial charge in [0.25, 0.3) is 0 Å². The smallest absolute Gasteiger partial charge is 0.250 e. The Morgan fingerprint density at radius 3 is 2.56 bits per heavy atom. The van der Waals surface area contributed by atoms with Gasteiger partial charge in [-0.3, -0.25) is 29.4 Å². The third kappa shape index (κ3) is 2.94. The molecule has 9 heteroatoms. The summed E-state index contributed by atoms with van der Waals surface area (Å²) < 4.78 is 0. The van der Waals surface area contributed by atoms with Crippen molar-refractivity contribution in [3.63, 3.8) is 0 Å². The molecule has 8 nitrogen and oxygen atoms in total. The van der Waals surface area contributed by atoms with Crippen molar-refractivity contribution in [2.24, 2.45) is 17.6 Å². The molecule has 4 N–H and O–H groups in total. The molecule has 0 aromatic heterocycles. The fourth-order valence-corrected chi connectivity index (χ4v) is 5.50. The molecule has 0 aliphatic carbocycles. The predicted molar refractivity (Wildman–Crippen MR) is 116 cm³/mol. The maximum absolute atomic E-state index is 13.6. The van der Waals surface area contributed by atoms with Gasteiger partial charge in [-0.2, -0.15) is 0 Å². The van der Waals surface area contributed by atoms with Crippen LogP contribution in [-0.4, -0.2) is 41.1 Å². The van der Waals surface area contributed by atoms with E-state index in [0.29, 0.717) is 22.7 Å². The maximum Gasteiger partial charge on any atom is 0.250 e. The average Bonchev–Trinajstić information content (AvgIpc) is 3.32. The lowest BCUT2D eigenvalue weighted by Gasteiger charge is -2.29. The van der Waals surface area contributed by atoms with Crippen LogP contribution in [0.5, 0.6) is 0 Å². The van der Waals surface area contributed by atoms with E-state index >= 15 is 0 Å². The van der Waals surface area contributed by atoms with Gasteiger partial charge < -0.3 is 11.1 Å². The molecule has 3 aliphatic rings. The number of rotatable bonds is 5. The first-order chi connectivity index (χ1) is 15.3. The lowest BCUT2D eigenvalue weighted by Crippen LogP contribution is -2.53. The first-order valence-corrected chi connectivity index (χ1v) is 10.8. The van der Waals surface area contributed by atoms with Crippen molar-refractivity contribution < 1.29 is 19.2 Å². The largest absolute Gasteiger partial charge is 0.370 e. The number of nitrogens with two attached hydrogens (primary N) is 1. The molecule has 3 aliphatic heterocycles. The van der Waals surface area contributed by atoms with Crippen LogP contribution in [0, 0.1) is 11.8 Å². The second kappa shape index (κ2) is 7.43. The molecule has 0 radical (unpaired) electrons. The van der Waals surface area contributed by atoms with E-state index in [1.165, 1.54) is 4.90 Å². The number of halogens is 1. The monoisotopic (exact) mass is 452 g/mol. The van der Waals surface area contributed by atoms with Gasteiger partial charge in [-0.15, -0.1) is 0 Å². The highest BCUT2D eigenvalue weighted by Gasteiger charge is 2.70. The number of benzene rings is 2. The highest BCUT2D eigenvalue weighted by atomic mass is 35.5. The Balaban J connectivity index is 1.55. The molecular weight excluding hydrogens is 432 g/mol. The van der Waals surface area contributed by atoms with Gasteiger partial charge in [-0.05, 0) is 30.2 Å². The van der Waals surface area contributed by atoms with Gasteiger partial charge in [0.1, 0.15) is 5.54 Å². The van der Waals surface area contributed by atoms with Crippen LogP contribution in [-0.2, 0) is 31.1 Å². The summed E-state index contributed by atoms with van der Waals surface area (Å²) in [5.74, 6) is -3.75. The third-order valence-electron chi connectivity index (χ3n) is 6.66. The quantitative estimate of drug-likeness (QED) is 0.588. The van der Waals surface area contributed by atoms with E-state index in [1.807, 2.05) is 30.3 Å². The minimum Gasteiger partial charge on any atom is -0.370 e. The lowest BCUT2D eigenvalue weighted by atomic mass is 9.76. The van der Waals surface area contributed by atoms with E-state index in [2.05, 4.69) is 10.6 Å². The Labute approximate surface area is 189 Å². The summed E-state index contributed by atoms with van der Waals surface area (Å²) in [4.78, 5) is 53.2. The Bertz CT molecular complexity index is 1150. The summed E-state index contributed by atoms with van der Waals surface area (Å²) in [7, 11) is 0. The fraction of sp³-hybridized carbons (Fsp3) is 0.304. The van der Waals surface area contributed by atoms with Gasteiger partial charge in [0.05, 0.1) is 11.8 Å². The lowest BCUT2D eigenvalue weighted by molar-refractivity contribution is -0.142. The van der Waals surface area contributed by atoms with Crippen molar-refractivity contribution >= 4 is 40.9 Å². The first kappa shape index (κ1) is 20.7. The minimum atomic E-state index is -1.49. The summed E-state index contributed by atoms with van der Waals surface area (Å²) in [5.41, 5.74) is 5.96. The van der Waals surface area contributed by atoms with Crippen LogP contribution in [0.1, 0.15) is 17.5 Å². The SMILES string of the molecule is NC(=O)CC1NC2(C(=O)Nc3ccc(Cl)cc32)C2C(=O)N(CCc3ccccc3)C(=O)C12. The number of anilines is 1. The van der Waals surface area contributed by atoms with E-state index in [-0.39, 0.29) is 13.0 Å². The van der Waals surface area contributed by atoms with Crippen molar-refractivity contribution in [3.8, 4) is 0 Å². The van der Waals surface area contributed by atoms with Crippen LogP contribution in [0.4, 0.5) is 5.69 Å². The zero-order valence-corrected chi connectivity index (χ0v) is 17.8. The van der Waals surface area contributed by atoms with Crippen molar-refractivity contribution in [1.82, 2.24) is 10.2 Å². The number of nitrogens with one attached hydrogen (secondary N) is 2. The number of carbonyl (C=O) groups excluding carboxylic acids is 4. The highest BCUT2D eigenvalue weighted by Crippen LogP contribution is 2.53. The second-order valence-electron chi connectivity index (χ2n) is 8.44. The Kier molecular flexibility index (Phi) is 4.79. The standard InChI is InChI=1S/C23H21ClN4O4/c24-13-6-7-15-14(10-13)23(22(32)26-15)19-18(16(27-23)11-17(25)29)20(30)28(21(19)31)9-8-12-4-2-1-3-5-12/h1-7,10,16,18-19,27H,8-9,11H2,(H2,25,29)(H,26,32). The summed E-state index contributed by atoms with van der Waals surface area (Å²) in [5, 5.41) is 6.34. The molecule has 5 rings (SSSR count). The van der Waals surface area contributed by atoms with Crippen LogP contribution in [0.3, 0.4) is 0 Å². The molecule has 2 aromatic rings. The van der Waals surface area contributed by atoms with E-state index < -0.39 is 47.0 Å². The van der Waals surface area contributed by atoms with Gasteiger partial charge in [0.2, 0.25) is 23.6 Å². The van der Waals surface area contributed by atoms with Crippen molar-refractivity contribution in [2.75, 3.05) is 11.9 Å². The fourth-order valence-electron chi connectivity index (χ4n) is 5.33. The molecule has 1 spiro atoms. The minimum absolute atomic E-state index is 0.169. The number of fused-ring (bicyclic) bond motifs is 4. The van der Waals surface area contributed by atoms with E-state index in [0.717, 1.165) is 5.56 Å². The molecule has 0 saturated carbocycles. The molecule has 4 amide bonds. The van der Waals surface area contributed by atoms with Gasteiger partial charge in [0.15, 0.2) is 0 Å². The Morgan fingerprint density at radius 2 is 1.84 bits per heavy atom. The van der Waals surface area contributed by atoms with Crippen molar-refractivity contribution in [3.05, 3.63) is 64.7 Å². The number of likely N-dealkylation sites (tertiary alicyclic amines) is 1. The zero-order valence-electron chi connectivity index (χ0n) is 17.0. The molecule has 164 valence electrons. The number of carbonyl (C=O) groups is 4. The van der Waals surface area contributed by atoms with E-state index in [9.17, 15) is 19.2 Å². The molecule has 32 heavy (non-hydrogen) atoms. The average molecular weight is 453 g/mol. The molecule has 4 unspecified atom stereocenters. The molecular formula is C23H21ClN4O4. The molecule has 2 saturated heterocycles. The normalized spacial score (nSPS) is 28.2.